The lowest BCUT2D eigenvalue weighted by Gasteiger charge is -2.13. The van der Waals surface area contributed by atoms with E-state index in [9.17, 15) is 4.79 Å². The van der Waals surface area contributed by atoms with E-state index in [4.69, 9.17) is 4.74 Å². The number of nitrogens with zero attached hydrogens (tertiary/aromatic N) is 1. The smallest absolute Gasteiger partial charge is 0.251 e. The molecule has 0 aliphatic carbocycles. The van der Waals surface area contributed by atoms with Crippen molar-refractivity contribution in [3.8, 4) is 5.75 Å². The van der Waals surface area contributed by atoms with Gasteiger partial charge in [-0.15, -0.1) is 0 Å². The first-order valence-electron chi connectivity index (χ1n) is 6.06. The van der Waals surface area contributed by atoms with Crippen LogP contribution in [0.25, 0.3) is 0 Å². The van der Waals surface area contributed by atoms with Crippen molar-refractivity contribution in [2.75, 3.05) is 7.11 Å². The topological polar surface area (TPSA) is 51.2 Å². The lowest BCUT2D eigenvalue weighted by Crippen LogP contribution is -2.27. The monoisotopic (exact) mass is 256 g/mol. The minimum absolute atomic E-state index is 0.124. The van der Waals surface area contributed by atoms with E-state index in [-0.39, 0.29) is 11.9 Å². The summed E-state index contributed by atoms with van der Waals surface area (Å²) in [5.74, 6) is 0.607. The Morgan fingerprint density at radius 2 is 1.95 bits per heavy atom. The van der Waals surface area contributed by atoms with Gasteiger partial charge in [0.2, 0.25) is 0 Å². The molecule has 1 N–H and O–H groups in total. The van der Waals surface area contributed by atoms with Crippen molar-refractivity contribution in [2.45, 2.75) is 13.0 Å². The molecule has 1 aromatic carbocycles. The maximum atomic E-state index is 12.0. The van der Waals surface area contributed by atoms with Crippen LogP contribution in [0.2, 0.25) is 0 Å². The number of pyridine rings is 1. The zero-order valence-corrected chi connectivity index (χ0v) is 11.0. The van der Waals surface area contributed by atoms with Gasteiger partial charge >= 0.3 is 0 Å². The second-order valence-electron chi connectivity index (χ2n) is 4.18. The van der Waals surface area contributed by atoms with Crippen molar-refractivity contribution in [1.29, 1.82) is 0 Å². The summed E-state index contributed by atoms with van der Waals surface area (Å²) in [7, 11) is 1.60. The standard InChI is InChI=1S/C15H16N2O2/c1-11(14-5-3-4-10-16-14)17-15(18)12-6-8-13(19-2)9-7-12/h3-11H,1-2H3,(H,17,18)/t11-/m0/s1. The van der Waals surface area contributed by atoms with Gasteiger partial charge in [-0.3, -0.25) is 9.78 Å². The predicted molar refractivity (Wildman–Crippen MR) is 73.1 cm³/mol. The SMILES string of the molecule is COc1ccc(C(=O)N[C@@H](C)c2ccccn2)cc1. The number of aromatic nitrogens is 1. The molecule has 0 bridgehead atoms. The van der Waals surface area contributed by atoms with Crippen LogP contribution in [0.4, 0.5) is 0 Å². The lowest BCUT2D eigenvalue weighted by molar-refractivity contribution is 0.0939. The first-order chi connectivity index (χ1) is 9.20. The molecule has 0 spiro atoms. The second kappa shape index (κ2) is 6.00. The first kappa shape index (κ1) is 13.1. The number of hydrogen-bond donors (Lipinski definition) is 1. The molecular formula is C15H16N2O2. The van der Waals surface area contributed by atoms with Crippen molar-refractivity contribution in [3.63, 3.8) is 0 Å². The number of nitrogens with one attached hydrogen (secondary N) is 1. The normalized spacial score (nSPS) is 11.7. The molecule has 0 aliphatic rings. The van der Waals surface area contributed by atoms with Gasteiger partial charge in [0.15, 0.2) is 0 Å². The highest BCUT2D eigenvalue weighted by Crippen LogP contribution is 2.13. The molecular weight excluding hydrogens is 240 g/mol. The van der Waals surface area contributed by atoms with E-state index in [1.807, 2.05) is 25.1 Å². The first-order valence-corrected chi connectivity index (χ1v) is 6.06. The molecule has 0 saturated heterocycles. The Bertz CT molecular complexity index is 538. The number of benzene rings is 1. The van der Waals surface area contributed by atoms with Gasteiger partial charge in [-0.25, -0.2) is 0 Å². The third kappa shape index (κ3) is 3.31. The lowest BCUT2D eigenvalue weighted by atomic mass is 10.1. The molecule has 0 saturated carbocycles. The van der Waals surface area contributed by atoms with Gasteiger partial charge in [-0.05, 0) is 43.3 Å². The molecule has 0 radical (unpaired) electrons. The second-order valence-corrected chi connectivity index (χ2v) is 4.18. The molecule has 1 aromatic heterocycles. The fourth-order valence-corrected chi connectivity index (χ4v) is 1.73. The number of rotatable bonds is 4. The third-order valence-corrected chi connectivity index (χ3v) is 2.83. The summed E-state index contributed by atoms with van der Waals surface area (Å²) in [6.07, 6.45) is 1.71. The van der Waals surface area contributed by atoms with Crippen LogP contribution in [0.15, 0.2) is 48.7 Å². The Kier molecular flexibility index (Phi) is 4.13. The van der Waals surface area contributed by atoms with E-state index < -0.39 is 0 Å². The molecule has 0 fully saturated rings. The number of carbonyl (C=O) groups excluding carboxylic acids is 1. The molecule has 4 heteroatoms. The molecule has 19 heavy (non-hydrogen) atoms. The highest BCUT2D eigenvalue weighted by molar-refractivity contribution is 5.94. The molecule has 1 amide bonds. The van der Waals surface area contributed by atoms with Crippen molar-refractivity contribution in [2.24, 2.45) is 0 Å². The van der Waals surface area contributed by atoms with Crippen molar-refractivity contribution >= 4 is 5.91 Å². The Morgan fingerprint density at radius 1 is 1.21 bits per heavy atom. The quantitative estimate of drug-likeness (QED) is 0.914. The van der Waals surface area contributed by atoms with Gasteiger partial charge in [0.05, 0.1) is 18.8 Å². The summed E-state index contributed by atoms with van der Waals surface area (Å²) in [6, 6.07) is 12.5. The average Bonchev–Trinajstić information content (AvgIpc) is 2.48. The minimum Gasteiger partial charge on any atom is -0.497 e. The Hall–Kier alpha value is -2.36. The van der Waals surface area contributed by atoms with Crippen LogP contribution < -0.4 is 10.1 Å². The Labute approximate surface area is 112 Å². The van der Waals surface area contributed by atoms with Crippen LogP contribution in [0.1, 0.15) is 29.0 Å². The van der Waals surface area contributed by atoms with Crippen molar-refractivity contribution < 1.29 is 9.53 Å². The van der Waals surface area contributed by atoms with Crippen molar-refractivity contribution in [3.05, 3.63) is 59.9 Å². The number of hydrogen-bond acceptors (Lipinski definition) is 3. The summed E-state index contributed by atoms with van der Waals surface area (Å²) in [5, 5.41) is 2.91. The maximum absolute atomic E-state index is 12.0. The Morgan fingerprint density at radius 3 is 2.53 bits per heavy atom. The number of carbonyl (C=O) groups is 1. The maximum Gasteiger partial charge on any atom is 0.251 e. The van der Waals surface area contributed by atoms with E-state index in [1.54, 1.807) is 37.6 Å². The molecule has 1 atom stereocenters. The third-order valence-electron chi connectivity index (χ3n) is 2.83. The van der Waals surface area contributed by atoms with Crippen LogP contribution >= 0.6 is 0 Å². The van der Waals surface area contributed by atoms with Gasteiger partial charge in [0.1, 0.15) is 5.75 Å². The van der Waals surface area contributed by atoms with Gasteiger partial charge in [0.25, 0.3) is 5.91 Å². The fraction of sp³-hybridized carbons (Fsp3) is 0.200. The summed E-state index contributed by atoms with van der Waals surface area (Å²) >= 11 is 0. The minimum atomic E-state index is -0.129. The van der Waals surface area contributed by atoms with Gasteiger partial charge in [-0.2, -0.15) is 0 Å². The van der Waals surface area contributed by atoms with Gasteiger partial charge in [-0.1, -0.05) is 6.07 Å². The van der Waals surface area contributed by atoms with Gasteiger partial charge in [0, 0.05) is 11.8 Å². The summed E-state index contributed by atoms with van der Waals surface area (Å²) in [4.78, 5) is 16.3. The number of methoxy groups -OCH3 is 1. The van der Waals surface area contributed by atoms with Crippen LogP contribution in [-0.2, 0) is 0 Å². The molecule has 2 aromatic rings. The molecule has 1 heterocycles. The van der Waals surface area contributed by atoms with Crippen LogP contribution in [0.5, 0.6) is 5.75 Å². The van der Waals surface area contributed by atoms with Gasteiger partial charge < -0.3 is 10.1 Å². The van der Waals surface area contributed by atoms with E-state index in [1.165, 1.54) is 0 Å². The zero-order valence-electron chi connectivity index (χ0n) is 11.0. The zero-order chi connectivity index (χ0) is 13.7. The van der Waals surface area contributed by atoms with Crippen molar-refractivity contribution in [1.82, 2.24) is 10.3 Å². The number of amides is 1. The van der Waals surface area contributed by atoms with E-state index in [0.717, 1.165) is 11.4 Å². The molecule has 98 valence electrons. The molecule has 2 rings (SSSR count). The highest BCUT2D eigenvalue weighted by Gasteiger charge is 2.11. The summed E-state index contributed by atoms with van der Waals surface area (Å²) < 4.78 is 5.06. The highest BCUT2D eigenvalue weighted by atomic mass is 16.5. The number of ether oxygens (including phenoxy) is 1. The van der Waals surface area contributed by atoms with Crippen LogP contribution in [0, 0.1) is 0 Å². The predicted octanol–water partition coefficient (Wildman–Crippen LogP) is 2.58. The van der Waals surface area contributed by atoms with E-state index in [0.29, 0.717) is 5.56 Å². The summed E-state index contributed by atoms with van der Waals surface area (Å²) in [6.45, 7) is 1.91. The molecule has 4 nitrogen and oxygen atoms in total. The summed E-state index contributed by atoms with van der Waals surface area (Å²) in [5.41, 5.74) is 1.44. The fourth-order valence-electron chi connectivity index (χ4n) is 1.73. The largest absolute Gasteiger partial charge is 0.497 e. The van der Waals surface area contributed by atoms with Crippen LogP contribution in [-0.4, -0.2) is 18.0 Å². The van der Waals surface area contributed by atoms with E-state index in [2.05, 4.69) is 10.3 Å². The molecule has 0 aliphatic heterocycles. The Balaban J connectivity index is 2.04. The van der Waals surface area contributed by atoms with Crippen LogP contribution in [0.3, 0.4) is 0 Å². The molecule has 0 unspecified atom stereocenters. The average molecular weight is 256 g/mol. The van der Waals surface area contributed by atoms with E-state index >= 15 is 0 Å².